The average molecular weight is 342 g/mol. The van der Waals surface area contributed by atoms with Crippen molar-refractivity contribution in [2.45, 2.75) is 12.3 Å². The zero-order valence-electron chi connectivity index (χ0n) is 12.9. The van der Waals surface area contributed by atoms with Gasteiger partial charge >= 0.3 is 5.69 Å². The number of hydrogen-bond donors (Lipinski definition) is 2. The van der Waals surface area contributed by atoms with Crippen molar-refractivity contribution in [2.75, 3.05) is 5.43 Å². The van der Waals surface area contributed by atoms with Crippen molar-refractivity contribution in [3.05, 3.63) is 74.3 Å². The van der Waals surface area contributed by atoms with Crippen LogP contribution in [0, 0.1) is 26.1 Å². The van der Waals surface area contributed by atoms with Crippen molar-refractivity contribution in [1.82, 2.24) is 5.43 Å². The summed E-state index contributed by atoms with van der Waals surface area (Å²) < 4.78 is 0. The first kappa shape index (κ1) is 16.4. The van der Waals surface area contributed by atoms with Crippen LogP contribution in [-0.2, 0) is 4.79 Å². The van der Waals surface area contributed by atoms with Crippen LogP contribution >= 0.6 is 0 Å². The van der Waals surface area contributed by atoms with Gasteiger partial charge in [0.05, 0.1) is 15.9 Å². The van der Waals surface area contributed by atoms with Crippen LogP contribution in [0.3, 0.4) is 0 Å². The molecular formula is C16H14N4O5. The van der Waals surface area contributed by atoms with Gasteiger partial charge < -0.3 is 0 Å². The molecule has 9 nitrogen and oxygen atoms in total. The molecule has 0 unspecified atom stereocenters. The van der Waals surface area contributed by atoms with Crippen LogP contribution in [0.15, 0.2) is 48.5 Å². The second kappa shape index (κ2) is 6.56. The Balaban J connectivity index is 1.65. The Morgan fingerprint density at radius 1 is 1.04 bits per heavy atom. The molecule has 1 fully saturated rings. The molecule has 25 heavy (non-hydrogen) atoms. The molecule has 2 aromatic rings. The average Bonchev–Trinajstić information content (AvgIpc) is 3.41. The van der Waals surface area contributed by atoms with E-state index in [0.29, 0.717) is 6.42 Å². The minimum absolute atomic E-state index is 0.0131. The smallest absolute Gasteiger partial charge is 0.292 e. The fourth-order valence-electron chi connectivity index (χ4n) is 2.67. The van der Waals surface area contributed by atoms with Gasteiger partial charge in [-0.1, -0.05) is 30.3 Å². The number of carbonyl (C=O) groups is 1. The Morgan fingerprint density at radius 3 is 2.40 bits per heavy atom. The van der Waals surface area contributed by atoms with Gasteiger partial charge in [0.15, 0.2) is 0 Å². The zero-order chi connectivity index (χ0) is 18.0. The van der Waals surface area contributed by atoms with Gasteiger partial charge in [0, 0.05) is 12.0 Å². The molecule has 0 aromatic heterocycles. The van der Waals surface area contributed by atoms with E-state index in [4.69, 9.17) is 0 Å². The lowest BCUT2D eigenvalue weighted by molar-refractivity contribution is -0.393. The molecule has 3 rings (SSSR count). The molecule has 2 atom stereocenters. The number of hydrazine groups is 1. The summed E-state index contributed by atoms with van der Waals surface area (Å²) in [7, 11) is 0. The van der Waals surface area contributed by atoms with Crippen LogP contribution in [0.4, 0.5) is 17.1 Å². The van der Waals surface area contributed by atoms with Crippen molar-refractivity contribution < 1.29 is 14.6 Å². The first-order valence-electron chi connectivity index (χ1n) is 7.51. The van der Waals surface area contributed by atoms with E-state index in [-0.39, 0.29) is 23.4 Å². The maximum atomic E-state index is 12.2. The van der Waals surface area contributed by atoms with Crippen LogP contribution in [0.25, 0.3) is 0 Å². The summed E-state index contributed by atoms with van der Waals surface area (Å²) in [5.41, 5.74) is 5.12. The lowest BCUT2D eigenvalue weighted by atomic mass is 10.1. The Morgan fingerprint density at radius 2 is 1.76 bits per heavy atom. The molecule has 9 heteroatoms. The molecule has 0 heterocycles. The van der Waals surface area contributed by atoms with Crippen molar-refractivity contribution >= 4 is 23.0 Å². The number of nitrogens with zero attached hydrogens (tertiary/aromatic N) is 2. The van der Waals surface area contributed by atoms with Gasteiger partial charge in [0.1, 0.15) is 5.69 Å². The summed E-state index contributed by atoms with van der Waals surface area (Å²) >= 11 is 0. The normalized spacial score (nSPS) is 18.2. The van der Waals surface area contributed by atoms with Gasteiger partial charge in [-0.15, -0.1) is 0 Å². The predicted octanol–water partition coefficient (Wildman–Crippen LogP) is 2.75. The van der Waals surface area contributed by atoms with Crippen LogP contribution < -0.4 is 10.9 Å². The highest BCUT2D eigenvalue weighted by Gasteiger charge is 2.43. The number of benzene rings is 2. The molecule has 1 aliphatic rings. The van der Waals surface area contributed by atoms with Gasteiger partial charge in [-0.05, 0) is 24.0 Å². The lowest BCUT2D eigenvalue weighted by Crippen LogP contribution is -2.31. The summed E-state index contributed by atoms with van der Waals surface area (Å²) in [4.78, 5) is 32.5. The molecule has 1 saturated carbocycles. The van der Waals surface area contributed by atoms with E-state index in [0.717, 1.165) is 17.7 Å². The highest BCUT2D eigenvalue weighted by atomic mass is 16.6. The van der Waals surface area contributed by atoms with Crippen LogP contribution in [0.5, 0.6) is 0 Å². The molecule has 0 spiro atoms. The minimum Gasteiger partial charge on any atom is -0.292 e. The number of carbonyl (C=O) groups excluding carboxylic acids is 1. The molecule has 0 radical (unpaired) electrons. The zero-order valence-corrected chi connectivity index (χ0v) is 12.9. The number of nitro groups is 2. The highest BCUT2D eigenvalue weighted by Crippen LogP contribution is 2.47. The van der Waals surface area contributed by atoms with Crippen LogP contribution in [-0.4, -0.2) is 15.8 Å². The Bertz CT molecular complexity index is 840. The standard InChI is InChI=1S/C16H14N4O5/c21-16(13-9-12(13)10-4-2-1-3-5-10)18-17-14-7-6-11(19(22)23)8-15(14)20(24)25/h1-8,12-13,17H,9H2,(H,18,21)/t12-,13-/m1/s1. The van der Waals surface area contributed by atoms with E-state index in [1.54, 1.807) is 0 Å². The summed E-state index contributed by atoms with van der Waals surface area (Å²) in [6.45, 7) is 0. The second-order valence-electron chi connectivity index (χ2n) is 5.69. The maximum Gasteiger partial charge on any atom is 0.300 e. The fourth-order valence-corrected chi connectivity index (χ4v) is 2.67. The quantitative estimate of drug-likeness (QED) is 0.614. The first-order valence-corrected chi connectivity index (χ1v) is 7.51. The van der Waals surface area contributed by atoms with E-state index in [9.17, 15) is 25.0 Å². The summed E-state index contributed by atoms with van der Waals surface area (Å²) in [6.07, 6.45) is 0.708. The van der Waals surface area contributed by atoms with E-state index >= 15 is 0 Å². The van der Waals surface area contributed by atoms with Crippen molar-refractivity contribution in [2.24, 2.45) is 5.92 Å². The molecule has 128 valence electrons. The largest absolute Gasteiger partial charge is 0.300 e. The Kier molecular flexibility index (Phi) is 4.29. The molecule has 2 N–H and O–H groups in total. The van der Waals surface area contributed by atoms with Crippen molar-refractivity contribution in [3.8, 4) is 0 Å². The SMILES string of the molecule is O=C(NNc1ccc([N+](=O)[O-])cc1[N+](=O)[O-])[C@@H]1C[C@@H]1c1ccccc1. The van der Waals surface area contributed by atoms with Gasteiger partial charge in [-0.2, -0.15) is 0 Å². The first-order chi connectivity index (χ1) is 12.0. The van der Waals surface area contributed by atoms with Gasteiger partial charge in [-0.25, -0.2) is 0 Å². The third-order valence-corrected chi connectivity index (χ3v) is 4.06. The number of amides is 1. The van der Waals surface area contributed by atoms with Crippen LogP contribution in [0.1, 0.15) is 17.9 Å². The third-order valence-electron chi connectivity index (χ3n) is 4.06. The number of hydrogen-bond acceptors (Lipinski definition) is 6. The summed E-state index contributed by atoms with van der Waals surface area (Å²) in [6, 6.07) is 12.8. The van der Waals surface area contributed by atoms with E-state index < -0.39 is 21.2 Å². The number of nitro benzene ring substituents is 2. The van der Waals surface area contributed by atoms with E-state index in [1.807, 2.05) is 30.3 Å². The molecule has 0 bridgehead atoms. The number of nitrogens with one attached hydrogen (secondary N) is 2. The highest BCUT2D eigenvalue weighted by molar-refractivity contribution is 5.84. The fraction of sp³-hybridized carbons (Fsp3) is 0.188. The number of rotatable bonds is 6. The predicted molar refractivity (Wildman–Crippen MR) is 88.8 cm³/mol. The monoisotopic (exact) mass is 342 g/mol. The van der Waals surface area contributed by atoms with Gasteiger partial charge in [0.25, 0.3) is 5.69 Å². The second-order valence-corrected chi connectivity index (χ2v) is 5.69. The van der Waals surface area contributed by atoms with Gasteiger partial charge in [0.2, 0.25) is 5.91 Å². The topological polar surface area (TPSA) is 127 Å². The molecule has 0 saturated heterocycles. The molecule has 0 aliphatic heterocycles. The summed E-state index contributed by atoms with van der Waals surface area (Å²) in [5.74, 6) is -0.344. The van der Waals surface area contributed by atoms with Crippen molar-refractivity contribution in [3.63, 3.8) is 0 Å². The lowest BCUT2D eigenvalue weighted by Gasteiger charge is -2.09. The van der Waals surface area contributed by atoms with E-state index in [2.05, 4.69) is 10.9 Å². The Labute approximate surface area is 141 Å². The number of non-ortho nitro benzene ring substituents is 1. The number of anilines is 1. The third kappa shape index (κ3) is 3.55. The maximum absolute atomic E-state index is 12.2. The Hall–Kier alpha value is -3.49. The molecular weight excluding hydrogens is 328 g/mol. The molecule has 2 aromatic carbocycles. The summed E-state index contributed by atoms with van der Waals surface area (Å²) in [5, 5.41) is 21.8. The molecule has 1 amide bonds. The van der Waals surface area contributed by atoms with Crippen molar-refractivity contribution in [1.29, 1.82) is 0 Å². The minimum atomic E-state index is -0.745. The van der Waals surface area contributed by atoms with Gasteiger partial charge in [-0.3, -0.25) is 35.9 Å². The van der Waals surface area contributed by atoms with Crippen LogP contribution in [0.2, 0.25) is 0 Å². The van der Waals surface area contributed by atoms with E-state index in [1.165, 1.54) is 6.07 Å². The molecule has 1 aliphatic carbocycles.